The Morgan fingerprint density at radius 2 is 2.30 bits per heavy atom. The molecule has 0 aromatic heterocycles. The fraction of sp³-hybridized carbons (Fsp3) is 0.875. The standard InChI is InChI=1S/C8H12O2/c1-8-3-6(4-8)2-7(8)10-5-9/h5-7H,2-4H2,1H3/t6?,7-,8?/m0/s1. The summed E-state index contributed by atoms with van der Waals surface area (Å²) in [5.41, 5.74) is 0.353. The van der Waals surface area contributed by atoms with Crippen LogP contribution in [0.2, 0.25) is 0 Å². The first kappa shape index (κ1) is 6.20. The molecule has 0 aromatic carbocycles. The van der Waals surface area contributed by atoms with E-state index in [9.17, 15) is 4.79 Å². The highest BCUT2D eigenvalue weighted by Crippen LogP contribution is 2.59. The molecule has 0 amide bonds. The van der Waals surface area contributed by atoms with Gasteiger partial charge >= 0.3 is 0 Å². The van der Waals surface area contributed by atoms with Crippen LogP contribution in [0.15, 0.2) is 0 Å². The monoisotopic (exact) mass is 140 g/mol. The maximum Gasteiger partial charge on any atom is 0.293 e. The molecular weight excluding hydrogens is 128 g/mol. The van der Waals surface area contributed by atoms with Crippen LogP contribution in [-0.4, -0.2) is 12.6 Å². The highest BCUT2D eigenvalue weighted by atomic mass is 16.5. The minimum absolute atomic E-state index is 0.231. The summed E-state index contributed by atoms with van der Waals surface area (Å²) in [4.78, 5) is 10.0. The minimum atomic E-state index is 0.231. The first-order valence-corrected chi connectivity index (χ1v) is 3.84. The molecule has 2 nitrogen and oxygen atoms in total. The summed E-state index contributed by atoms with van der Waals surface area (Å²) in [5, 5.41) is 0. The molecule has 0 N–H and O–H groups in total. The van der Waals surface area contributed by atoms with Crippen molar-refractivity contribution >= 4 is 6.47 Å². The Labute approximate surface area is 60.6 Å². The lowest BCUT2D eigenvalue weighted by molar-refractivity contribution is -0.137. The van der Waals surface area contributed by atoms with Crippen molar-refractivity contribution in [3.8, 4) is 0 Å². The first-order valence-electron chi connectivity index (χ1n) is 3.84. The van der Waals surface area contributed by atoms with E-state index in [1.807, 2.05) is 0 Å². The Bertz CT molecular complexity index is 159. The number of rotatable bonds is 2. The maximum absolute atomic E-state index is 10.0. The van der Waals surface area contributed by atoms with E-state index in [1.165, 1.54) is 12.8 Å². The molecule has 0 unspecified atom stereocenters. The number of hydrogen-bond acceptors (Lipinski definition) is 2. The molecule has 0 spiro atoms. The van der Waals surface area contributed by atoms with Gasteiger partial charge < -0.3 is 4.74 Å². The van der Waals surface area contributed by atoms with Gasteiger partial charge in [0.05, 0.1) is 0 Å². The SMILES string of the molecule is CC12CC(C[C@@H]1OC=O)C2. The molecule has 3 rings (SSSR count). The van der Waals surface area contributed by atoms with E-state index in [0.717, 1.165) is 12.3 Å². The summed E-state index contributed by atoms with van der Waals surface area (Å²) in [7, 11) is 0. The summed E-state index contributed by atoms with van der Waals surface area (Å²) in [6.45, 7) is 2.81. The molecule has 56 valence electrons. The fourth-order valence-corrected chi connectivity index (χ4v) is 2.56. The van der Waals surface area contributed by atoms with E-state index in [2.05, 4.69) is 6.92 Å². The normalized spacial score (nSPS) is 50.1. The van der Waals surface area contributed by atoms with Crippen molar-refractivity contribution in [2.24, 2.45) is 11.3 Å². The van der Waals surface area contributed by atoms with Crippen LogP contribution >= 0.6 is 0 Å². The van der Waals surface area contributed by atoms with Crippen LogP contribution < -0.4 is 0 Å². The van der Waals surface area contributed by atoms with Gasteiger partial charge in [-0.3, -0.25) is 4.79 Å². The smallest absolute Gasteiger partial charge is 0.293 e. The summed E-state index contributed by atoms with van der Waals surface area (Å²) >= 11 is 0. The van der Waals surface area contributed by atoms with Crippen LogP contribution in [0.4, 0.5) is 0 Å². The molecule has 0 saturated heterocycles. The zero-order valence-corrected chi connectivity index (χ0v) is 6.17. The summed E-state index contributed by atoms with van der Waals surface area (Å²) < 4.78 is 4.98. The number of fused-ring (bicyclic) bond motifs is 1. The lowest BCUT2D eigenvalue weighted by Crippen LogP contribution is -2.32. The number of carbonyl (C=O) groups is 1. The number of carbonyl (C=O) groups excluding carboxylic acids is 1. The highest BCUT2D eigenvalue weighted by Gasteiger charge is 2.55. The summed E-state index contributed by atoms with van der Waals surface area (Å²) in [6.07, 6.45) is 3.88. The van der Waals surface area contributed by atoms with Gasteiger partial charge in [0, 0.05) is 5.41 Å². The zero-order chi connectivity index (χ0) is 7.19. The predicted octanol–water partition coefficient (Wildman–Crippen LogP) is 1.35. The number of hydrogen-bond donors (Lipinski definition) is 0. The maximum atomic E-state index is 10.0. The quantitative estimate of drug-likeness (QED) is 0.541. The van der Waals surface area contributed by atoms with Gasteiger partial charge in [-0.15, -0.1) is 0 Å². The second kappa shape index (κ2) is 1.74. The molecule has 0 aromatic rings. The average molecular weight is 140 g/mol. The molecule has 1 atom stereocenters. The average Bonchev–Trinajstić information content (AvgIpc) is 2.21. The van der Waals surface area contributed by atoms with Gasteiger partial charge in [-0.05, 0) is 25.2 Å². The van der Waals surface area contributed by atoms with Crippen LogP contribution in [0.3, 0.4) is 0 Å². The Morgan fingerprint density at radius 1 is 1.60 bits per heavy atom. The van der Waals surface area contributed by atoms with Crippen molar-refractivity contribution in [1.29, 1.82) is 0 Å². The predicted molar refractivity (Wildman–Crippen MR) is 36.4 cm³/mol. The molecule has 3 fully saturated rings. The fourth-order valence-electron chi connectivity index (χ4n) is 2.56. The van der Waals surface area contributed by atoms with Gasteiger partial charge in [0.25, 0.3) is 6.47 Å². The van der Waals surface area contributed by atoms with Crippen LogP contribution in [0.1, 0.15) is 26.2 Å². The van der Waals surface area contributed by atoms with E-state index < -0.39 is 0 Å². The highest BCUT2D eigenvalue weighted by molar-refractivity contribution is 5.38. The first-order chi connectivity index (χ1) is 4.74. The molecule has 3 aliphatic carbocycles. The lowest BCUT2D eigenvalue weighted by atomic mass is 9.71. The van der Waals surface area contributed by atoms with Crippen molar-refractivity contribution in [1.82, 2.24) is 0 Å². The van der Waals surface area contributed by atoms with E-state index in [0.29, 0.717) is 11.9 Å². The van der Waals surface area contributed by atoms with E-state index in [-0.39, 0.29) is 6.10 Å². The van der Waals surface area contributed by atoms with E-state index >= 15 is 0 Å². The summed E-state index contributed by atoms with van der Waals surface area (Å²) in [6, 6.07) is 0. The molecule has 0 heterocycles. The minimum Gasteiger partial charge on any atom is -0.464 e. The van der Waals surface area contributed by atoms with Crippen molar-refractivity contribution in [3.63, 3.8) is 0 Å². The van der Waals surface area contributed by atoms with Gasteiger partial charge in [0.2, 0.25) is 0 Å². The molecule has 3 saturated carbocycles. The molecule has 10 heavy (non-hydrogen) atoms. The molecule has 3 aliphatic rings. The van der Waals surface area contributed by atoms with Crippen LogP contribution in [-0.2, 0) is 9.53 Å². The molecule has 2 bridgehead atoms. The molecule has 0 aliphatic heterocycles. The third-order valence-electron chi connectivity index (χ3n) is 3.05. The second-order valence-corrected chi connectivity index (χ2v) is 3.88. The van der Waals surface area contributed by atoms with Gasteiger partial charge in [0.1, 0.15) is 6.10 Å². The Hall–Kier alpha value is -0.530. The Morgan fingerprint density at radius 3 is 2.70 bits per heavy atom. The van der Waals surface area contributed by atoms with Crippen molar-refractivity contribution < 1.29 is 9.53 Å². The van der Waals surface area contributed by atoms with Crippen LogP contribution in [0, 0.1) is 11.3 Å². The number of ether oxygens (including phenoxy) is 1. The molecule has 2 heteroatoms. The Balaban J connectivity index is 2.04. The third kappa shape index (κ3) is 0.619. The van der Waals surface area contributed by atoms with Crippen LogP contribution in [0.25, 0.3) is 0 Å². The van der Waals surface area contributed by atoms with Crippen molar-refractivity contribution in [3.05, 3.63) is 0 Å². The zero-order valence-electron chi connectivity index (χ0n) is 6.17. The van der Waals surface area contributed by atoms with Gasteiger partial charge in [0.15, 0.2) is 0 Å². The lowest BCUT2D eigenvalue weighted by Gasteiger charge is -2.36. The van der Waals surface area contributed by atoms with Gasteiger partial charge in [-0.1, -0.05) is 6.92 Å². The van der Waals surface area contributed by atoms with Gasteiger partial charge in [-0.2, -0.15) is 0 Å². The van der Waals surface area contributed by atoms with Crippen molar-refractivity contribution in [2.75, 3.05) is 0 Å². The molecule has 0 radical (unpaired) electrons. The third-order valence-corrected chi connectivity index (χ3v) is 3.05. The van der Waals surface area contributed by atoms with E-state index in [1.54, 1.807) is 0 Å². The largest absolute Gasteiger partial charge is 0.464 e. The van der Waals surface area contributed by atoms with Crippen molar-refractivity contribution in [2.45, 2.75) is 32.3 Å². The van der Waals surface area contributed by atoms with Gasteiger partial charge in [-0.25, -0.2) is 0 Å². The topological polar surface area (TPSA) is 26.3 Å². The van der Waals surface area contributed by atoms with E-state index in [4.69, 9.17) is 4.74 Å². The molecular formula is C8H12O2. The van der Waals surface area contributed by atoms with Crippen LogP contribution in [0.5, 0.6) is 0 Å². The Kier molecular flexibility index (Phi) is 1.08. The summed E-state index contributed by atoms with van der Waals surface area (Å²) in [5.74, 6) is 0.856. The second-order valence-electron chi connectivity index (χ2n) is 3.88.